The van der Waals surface area contributed by atoms with Crippen LogP contribution in [0, 0.1) is 0 Å². The highest BCUT2D eigenvalue weighted by Crippen LogP contribution is 2.48. The van der Waals surface area contributed by atoms with Crippen LogP contribution < -0.4 is 11.2 Å². The third kappa shape index (κ3) is 11.0. The second-order valence-corrected chi connectivity index (χ2v) is 12.0. The molecule has 0 amide bonds. The van der Waals surface area contributed by atoms with Gasteiger partial charge in [0.25, 0.3) is 5.56 Å². The highest BCUT2D eigenvalue weighted by Gasteiger charge is 2.25. The normalized spacial score (nSPS) is 15.3. The lowest BCUT2D eigenvalue weighted by molar-refractivity contribution is -0.0959. The van der Waals surface area contributed by atoms with Crippen molar-refractivity contribution in [1.82, 2.24) is 14.2 Å². The summed E-state index contributed by atoms with van der Waals surface area (Å²) in [6, 6.07) is 1.74. The molecule has 0 saturated carbocycles. The van der Waals surface area contributed by atoms with E-state index in [4.69, 9.17) is 27.8 Å². The zero-order chi connectivity index (χ0) is 27.3. The molecule has 0 saturated heterocycles. The fourth-order valence-corrected chi connectivity index (χ4v) is 5.99. The zero-order valence-electron chi connectivity index (χ0n) is 22.4. The average Bonchev–Trinajstić information content (AvgIpc) is 2.82. The maximum absolute atomic E-state index is 12.6. The van der Waals surface area contributed by atoms with Gasteiger partial charge in [0.1, 0.15) is 14.4 Å². The number of hydrogen-bond acceptors (Lipinski definition) is 10. The first-order chi connectivity index (χ1) is 17.0. The van der Waals surface area contributed by atoms with Gasteiger partial charge in [-0.2, -0.15) is 0 Å². The monoisotopic (exact) mass is 553 g/mol. The van der Waals surface area contributed by atoms with Crippen molar-refractivity contribution < 1.29 is 32.3 Å². The smallest absolute Gasteiger partial charge is 0.353 e. The standard InChI is InChI=1S/C22H41N3O9P2/c1-17(2)25(18(3)4)35(8)33-15-19(10-14-36(28,30-6)31-7)34-21(16-32-13-12-29-5)24-11-9-20(26)23-22(24)27/h9-11,14,17-19,21H,12-13,15-16H2,1-8H3,(H,23,26,27)/b14-10+/t19-,21-,35?/m1/s1. The van der Waals surface area contributed by atoms with E-state index in [2.05, 4.69) is 37.3 Å². The molecule has 0 radical (unpaired) electrons. The molecule has 208 valence electrons. The molecule has 1 N–H and O–H groups in total. The van der Waals surface area contributed by atoms with Gasteiger partial charge in [0.05, 0.1) is 26.4 Å². The molecular formula is C22H41N3O9P2. The lowest BCUT2D eigenvalue weighted by atomic mass is 10.3. The van der Waals surface area contributed by atoms with Crippen molar-refractivity contribution in [3.8, 4) is 0 Å². The van der Waals surface area contributed by atoms with E-state index in [1.54, 1.807) is 7.11 Å². The van der Waals surface area contributed by atoms with E-state index in [9.17, 15) is 14.2 Å². The van der Waals surface area contributed by atoms with Crippen LogP contribution in [0.1, 0.15) is 33.9 Å². The van der Waals surface area contributed by atoms with Gasteiger partial charge in [0.15, 0.2) is 6.23 Å². The van der Waals surface area contributed by atoms with E-state index in [1.165, 1.54) is 42.9 Å². The van der Waals surface area contributed by atoms with E-state index in [0.29, 0.717) is 6.61 Å². The van der Waals surface area contributed by atoms with Crippen molar-refractivity contribution in [2.75, 3.05) is 54.4 Å². The minimum Gasteiger partial charge on any atom is -0.382 e. The van der Waals surface area contributed by atoms with Crippen molar-refractivity contribution in [2.45, 2.75) is 52.1 Å². The lowest BCUT2D eigenvalue weighted by Crippen LogP contribution is -2.37. The number of hydrogen-bond donors (Lipinski definition) is 1. The van der Waals surface area contributed by atoms with Gasteiger partial charge in [0.2, 0.25) is 0 Å². The van der Waals surface area contributed by atoms with Crippen molar-refractivity contribution in [3.05, 3.63) is 45.0 Å². The Bertz CT molecular complexity index is 935. The first kappa shape index (κ1) is 32.8. The van der Waals surface area contributed by atoms with E-state index < -0.39 is 39.5 Å². The number of aromatic amines is 1. The fourth-order valence-electron chi connectivity index (χ4n) is 3.40. The van der Waals surface area contributed by atoms with Crippen molar-refractivity contribution in [3.63, 3.8) is 0 Å². The van der Waals surface area contributed by atoms with Gasteiger partial charge in [-0.1, -0.05) is 0 Å². The third-order valence-corrected chi connectivity index (χ3v) is 8.64. The van der Waals surface area contributed by atoms with Crippen LogP contribution >= 0.6 is 15.9 Å². The minimum atomic E-state index is -3.48. The van der Waals surface area contributed by atoms with E-state index in [0.717, 1.165) is 0 Å². The minimum absolute atomic E-state index is 0.0170. The maximum Gasteiger partial charge on any atom is 0.353 e. The number of nitrogens with one attached hydrogen (secondary N) is 1. The summed E-state index contributed by atoms with van der Waals surface area (Å²) in [5.41, 5.74) is -1.19. The number of rotatable bonds is 18. The largest absolute Gasteiger partial charge is 0.382 e. The van der Waals surface area contributed by atoms with Crippen LogP contribution in [0.4, 0.5) is 0 Å². The Morgan fingerprint density at radius 3 is 2.25 bits per heavy atom. The number of methoxy groups -OCH3 is 1. The predicted molar refractivity (Wildman–Crippen MR) is 140 cm³/mol. The Labute approximate surface area is 214 Å². The van der Waals surface area contributed by atoms with Gasteiger partial charge in [-0.05, 0) is 40.4 Å². The first-order valence-electron chi connectivity index (χ1n) is 11.6. The van der Waals surface area contributed by atoms with Gasteiger partial charge in [-0.3, -0.25) is 23.6 Å². The zero-order valence-corrected chi connectivity index (χ0v) is 24.2. The number of aromatic nitrogens is 2. The van der Waals surface area contributed by atoms with Gasteiger partial charge in [-0.25, -0.2) is 4.79 Å². The van der Waals surface area contributed by atoms with Gasteiger partial charge < -0.3 is 27.8 Å². The average molecular weight is 554 g/mol. The van der Waals surface area contributed by atoms with Crippen LogP contribution in [0.25, 0.3) is 0 Å². The fraction of sp³-hybridized carbons (Fsp3) is 0.727. The summed E-state index contributed by atoms with van der Waals surface area (Å²) in [5, 5.41) is 0. The van der Waals surface area contributed by atoms with Gasteiger partial charge >= 0.3 is 13.3 Å². The Morgan fingerprint density at radius 2 is 1.72 bits per heavy atom. The quantitative estimate of drug-likeness (QED) is 0.214. The van der Waals surface area contributed by atoms with Crippen molar-refractivity contribution >= 4 is 15.9 Å². The number of nitrogens with zero attached hydrogens (tertiary/aromatic N) is 2. The molecule has 1 aromatic rings. The molecule has 1 heterocycles. The molecule has 1 unspecified atom stereocenters. The van der Waals surface area contributed by atoms with Crippen molar-refractivity contribution in [1.29, 1.82) is 0 Å². The van der Waals surface area contributed by atoms with Gasteiger partial charge in [0, 0.05) is 51.5 Å². The van der Waals surface area contributed by atoms with Crippen LogP contribution in [-0.2, 0) is 32.3 Å². The number of ether oxygens (including phenoxy) is 3. The summed E-state index contributed by atoms with van der Waals surface area (Å²) < 4.78 is 49.1. The molecule has 14 heteroatoms. The highest BCUT2D eigenvalue weighted by molar-refractivity contribution is 7.57. The Morgan fingerprint density at radius 1 is 1.08 bits per heavy atom. The molecule has 12 nitrogen and oxygen atoms in total. The summed E-state index contributed by atoms with van der Waals surface area (Å²) in [6.45, 7) is 11.1. The molecule has 0 spiro atoms. The summed E-state index contributed by atoms with van der Waals surface area (Å²) in [5.74, 6) is 1.29. The second kappa shape index (κ2) is 16.6. The molecule has 0 aliphatic carbocycles. The summed E-state index contributed by atoms with van der Waals surface area (Å²) >= 11 is 0. The Kier molecular flexibility index (Phi) is 15.1. The lowest BCUT2D eigenvalue weighted by Gasteiger charge is -2.36. The van der Waals surface area contributed by atoms with Crippen LogP contribution in [0.15, 0.2) is 33.7 Å². The predicted octanol–water partition coefficient (Wildman–Crippen LogP) is 3.16. The van der Waals surface area contributed by atoms with E-state index in [1.807, 2.05) is 6.66 Å². The van der Waals surface area contributed by atoms with E-state index >= 15 is 0 Å². The second-order valence-electron chi connectivity index (χ2n) is 8.29. The summed E-state index contributed by atoms with van der Waals surface area (Å²) in [6.07, 6.45) is 1.16. The van der Waals surface area contributed by atoms with Crippen LogP contribution in [-0.4, -0.2) is 86.8 Å². The molecule has 0 aliphatic rings. The molecule has 1 rings (SSSR count). The van der Waals surface area contributed by atoms with Crippen LogP contribution in [0.2, 0.25) is 0 Å². The molecule has 0 bridgehead atoms. The molecule has 36 heavy (non-hydrogen) atoms. The third-order valence-electron chi connectivity index (χ3n) is 4.99. The Hall–Kier alpha value is -1.20. The maximum atomic E-state index is 12.6. The summed E-state index contributed by atoms with van der Waals surface area (Å²) in [4.78, 5) is 26.3. The SMILES string of the molecule is COCCOC[C@@H](O[C@H](/C=C/P(=O)(OC)OC)COP(C)N(C(C)C)C(C)C)n1ccc(=O)[nH]c1=O. The highest BCUT2D eigenvalue weighted by atomic mass is 31.2. The first-order valence-corrected chi connectivity index (χ1v) is 14.8. The van der Waals surface area contributed by atoms with Gasteiger partial charge in [-0.15, -0.1) is 0 Å². The van der Waals surface area contributed by atoms with E-state index in [-0.39, 0.29) is 31.9 Å². The molecule has 1 aromatic heterocycles. The number of H-pyrrole nitrogens is 1. The Balaban J connectivity index is 3.23. The van der Waals surface area contributed by atoms with Crippen LogP contribution in [0.3, 0.4) is 0 Å². The molecule has 0 fully saturated rings. The van der Waals surface area contributed by atoms with Crippen molar-refractivity contribution in [2.24, 2.45) is 0 Å². The molecule has 3 atom stereocenters. The summed E-state index contributed by atoms with van der Waals surface area (Å²) in [7, 11) is -0.356. The molecule has 0 aromatic carbocycles. The van der Waals surface area contributed by atoms with Crippen LogP contribution in [0.5, 0.6) is 0 Å². The molecular weight excluding hydrogens is 512 g/mol. The topological polar surface area (TPSA) is 131 Å². The molecule has 0 aliphatic heterocycles.